The Morgan fingerprint density at radius 1 is 0.977 bits per heavy atom. The molecule has 0 heterocycles. The second-order valence-corrected chi connectivity index (χ2v) is 14.2. The number of fused-ring (bicyclic) bond motifs is 5. The number of carbonyl (C=O) groups excluding carboxylic acids is 5. The van der Waals surface area contributed by atoms with Crippen molar-refractivity contribution in [2.75, 3.05) is 13.2 Å². The first-order valence-electron chi connectivity index (χ1n) is 16.0. The molecule has 0 radical (unpaired) electrons. The van der Waals surface area contributed by atoms with E-state index in [1.54, 1.807) is 6.08 Å². The Balaban J connectivity index is 1.12. The van der Waals surface area contributed by atoms with Crippen LogP contribution in [-0.2, 0) is 33.5 Å². The topological polar surface area (TPSA) is 164 Å². The quantitative estimate of drug-likeness (QED) is 0.337. The average Bonchev–Trinajstić information content (AvgIpc) is 3.24. The number of amides is 1. The molecule has 4 fully saturated rings. The lowest BCUT2D eigenvalue weighted by atomic mass is 9.46. The highest BCUT2D eigenvalue weighted by atomic mass is 16.5. The van der Waals surface area contributed by atoms with Crippen LogP contribution < -0.4 is 5.32 Å². The summed E-state index contributed by atoms with van der Waals surface area (Å²) in [6.07, 6.45) is 7.54. The van der Waals surface area contributed by atoms with Crippen LogP contribution in [0.5, 0.6) is 0 Å². The third-order valence-corrected chi connectivity index (χ3v) is 12.0. The third kappa shape index (κ3) is 5.71. The van der Waals surface area contributed by atoms with Gasteiger partial charge in [0.2, 0.25) is 11.7 Å². The molecule has 5 aliphatic rings. The van der Waals surface area contributed by atoms with Gasteiger partial charge >= 0.3 is 11.9 Å². The van der Waals surface area contributed by atoms with Gasteiger partial charge in [-0.3, -0.25) is 28.8 Å². The zero-order valence-electron chi connectivity index (χ0n) is 25.3. The molecule has 1 amide bonds. The predicted molar refractivity (Wildman–Crippen MR) is 153 cm³/mol. The van der Waals surface area contributed by atoms with E-state index in [2.05, 4.69) is 12.2 Å². The first kappa shape index (κ1) is 31.5. The number of Topliss-reactive ketones (excluding diaryl/α,β-unsaturated/α-hetero) is 2. The number of aliphatic carboxylic acids is 1. The van der Waals surface area contributed by atoms with Gasteiger partial charge in [-0.1, -0.05) is 19.4 Å². The van der Waals surface area contributed by atoms with E-state index in [9.17, 15) is 33.9 Å². The molecule has 0 aliphatic heterocycles. The lowest BCUT2D eigenvalue weighted by Crippen LogP contribution is -2.61. The number of carbonyl (C=O) groups is 6. The SMILES string of the molecule is C[C@]12CCC(=O)C=C1CC[C@H]1[C@H]2C(=O)C[C@@]2(C)[C@@H]1CC[C@]2(O)C(=O)COC(=O)CCC(=O)NCC1CCC(C(=O)O)CC1. The Labute approximate surface area is 252 Å². The Kier molecular flexibility index (Phi) is 8.73. The Bertz CT molecular complexity index is 1230. The normalized spacial score (nSPS) is 38.7. The summed E-state index contributed by atoms with van der Waals surface area (Å²) in [5.74, 6) is -2.58. The number of ketones is 3. The molecule has 4 saturated carbocycles. The molecule has 0 saturated heterocycles. The maximum absolute atomic E-state index is 13.8. The van der Waals surface area contributed by atoms with Crippen molar-refractivity contribution < 1.29 is 43.7 Å². The van der Waals surface area contributed by atoms with E-state index < -0.39 is 35.3 Å². The largest absolute Gasteiger partial charge is 0.481 e. The van der Waals surface area contributed by atoms with Crippen LogP contribution in [0.15, 0.2) is 11.6 Å². The number of hydrogen-bond donors (Lipinski definition) is 3. The number of hydrogen-bond acceptors (Lipinski definition) is 8. The van der Waals surface area contributed by atoms with E-state index in [1.807, 2.05) is 6.92 Å². The highest BCUT2D eigenvalue weighted by Gasteiger charge is 2.68. The lowest BCUT2D eigenvalue weighted by molar-refractivity contribution is -0.173. The molecule has 3 N–H and O–H groups in total. The van der Waals surface area contributed by atoms with Gasteiger partial charge < -0.3 is 20.3 Å². The van der Waals surface area contributed by atoms with Gasteiger partial charge in [0.1, 0.15) is 11.4 Å². The zero-order valence-corrected chi connectivity index (χ0v) is 25.3. The van der Waals surface area contributed by atoms with Crippen molar-refractivity contribution in [2.24, 2.45) is 40.4 Å². The van der Waals surface area contributed by atoms with E-state index in [0.29, 0.717) is 38.6 Å². The van der Waals surface area contributed by atoms with E-state index in [4.69, 9.17) is 9.84 Å². The molecular weight excluding hydrogens is 554 g/mol. The minimum Gasteiger partial charge on any atom is -0.481 e. The molecule has 0 aromatic heterocycles. The van der Waals surface area contributed by atoms with Crippen LogP contribution in [0.25, 0.3) is 0 Å². The summed E-state index contributed by atoms with van der Waals surface area (Å²) < 4.78 is 5.21. The molecule has 0 bridgehead atoms. The molecular formula is C33H45NO9. The van der Waals surface area contributed by atoms with Gasteiger partial charge in [-0.25, -0.2) is 0 Å². The van der Waals surface area contributed by atoms with Gasteiger partial charge in [0.25, 0.3) is 0 Å². The van der Waals surface area contributed by atoms with Crippen molar-refractivity contribution in [3.8, 4) is 0 Å². The van der Waals surface area contributed by atoms with Gasteiger partial charge in [-0.2, -0.15) is 0 Å². The van der Waals surface area contributed by atoms with Gasteiger partial charge in [0.05, 0.1) is 12.3 Å². The number of ether oxygens (including phenoxy) is 1. The smallest absolute Gasteiger partial charge is 0.306 e. The lowest BCUT2D eigenvalue weighted by Gasteiger charge is -2.57. The number of allylic oxidation sites excluding steroid dienone is 1. The summed E-state index contributed by atoms with van der Waals surface area (Å²) in [4.78, 5) is 75.0. The fourth-order valence-electron chi connectivity index (χ4n) is 9.36. The fraction of sp³-hybridized carbons (Fsp3) is 0.758. The molecule has 5 rings (SSSR count). The van der Waals surface area contributed by atoms with Crippen LogP contribution in [0, 0.1) is 40.4 Å². The van der Waals surface area contributed by atoms with Crippen molar-refractivity contribution in [1.29, 1.82) is 0 Å². The van der Waals surface area contributed by atoms with Crippen molar-refractivity contribution >= 4 is 35.2 Å². The van der Waals surface area contributed by atoms with Gasteiger partial charge in [-0.05, 0) is 87.0 Å². The number of nitrogens with one attached hydrogen (secondary N) is 1. The second-order valence-electron chi connectivity index (χ2n) is 14.2. The molecule has 10 heteroatoms. The van der Waals surface area contributed by atoms with Crippen molar-refractivity contribution in [1.82, 2.24) is 5.32 Å². The number of aliphatic hydroxyl groups is 1. The minimum atomic E-state index is -1.78. The Morgan fingerprint density at radius 3 is 2.40 bits per heavy atom. The first-order chi connectivity index (χ1) is 20.3. The summed E-state index contributed by atoms with van der Waals surface area (Å²) >= 11 is 0. The Hall–Kier alpha value is -2.88. The zero-order chi connectivity index (χ0) is 31.2. The van der Waals surface area contributed by atoms with E-state index in [1.165, 1.54) is 0 Å². The van der Waals surface area contributed by atoms with Crippen LogP contribution in [0.3, 0.4) is 0 Å². The molecule has 43 heavy (non-hydrogen) atoms. The number of carboxylic acid groups (broad SMARTS) is 1. The molecule has 0 spiro atoms. The maximum atomic E-state index is 13.8. The summed E-state index contributed by atoms with van der Waals surface area (Å²) in [5, 5.41) is 23.7. The summed E-state index contributed by atoms with van der Waals surface area (Å²) in [6.45, 7) is 3.75. The van der Waals surface area contributed by atoms with E-state index >= 15 is 0 Å². The van der Waals surface area contributed by atoms with Crippen molar-refractivity contribution in [3.05, 3.63) is 11.6 Å². The van der Waals surface area contributed by atoms with Gasteiger partial charge in [0.15, 0.2) is 12.4 Å². The van der Waals surface area contributed by atoms with Crippen molar-refractivity contribution in [2.45, 2.75) is 103 Å². The minimum absolute atomic E-state index is 0.0247. The first-order valence-corrected chi connectivity index (χ1v) is 16.0. The number of esters is 1. The number of rotatable bonds is 9. The molecule has 236 valence electrons. The van der Waals surface area contributed by atoms with Crippen LogP contribution in [0.2, 0.25) is 0 Å². The standard InChI is InChI=1S/C33H45NO9/c1-31-13-11-22(35)15-21(31)7-8-23-24-12-14-33(42,32(24,2)16-25(36)29(23)31)26(37)18-43-28(39)10-9-27(38)34-17-19-3-5-20(6-4-19)30(40)41/h15,19-20,23-24,29,42H,3-14,16-18H2,1-2H3,(H,34,38)(H,40,41)/t19?,20?,23-,24-,29+,31+,32+,33+/m1/s1. The predicted octanol–water partition coefficient (Wildman–Crippen LogP) is 3.33. The Morgan fingerprint density at radius 2 is 1.70 bits per heavy atom. The highest BCUT2D eigenvalue weighted by molar-refractivity contribution is 5.95. The van der Waals surface area contributed by atoms with Gasteiger partial charge in [0, 0.05) is 37.1 Å². The summed E-state index contributed by atoms with van der Waals surface area (Å²) in [6, 6.07) is 0. The molecule has 5 aliphatic carbocycles. The molecule has 0 unspecified atom stereocenters. The van der Waals surface area contributed by atoms with Crippen molar-refractivity contribution in [3.63, 3.8) is 0 Å². The monoisotopic (exact) mass is 599 g/mol. The highest BCUT2D eigenvalue weighted by Crippen LogP contribution is 2.66. The molecule has 0 aromatic rings. The van der Waals surface area contributed by atoms with Crippen LogP contribution in [0.1, 0.15) is 97.3 Å². The van der Waals surface area contributed by atoms with Gasteiger partial charge in [-0.15, -0.1) is 0 Å². The van der Waals surface area contributed by atoms with Crippen LogP contribution >= 0.6 is 0 Å². The summed E-state index contributed by atoms with van der Waals surface area (Å²) in [7, 11) is 0. The molecule has 6 atom stereocenters. The number of carboxylic acids is 1. The maximum Gasteiger partial charge on any atom is 0.306 e. The fourth-order valence-corrected chi connectivity index (χ4v) is 9.36. The average molecular weight is 600 g/mol. The molecule has 10 nitrogen and oxygen atoms in total. The summed E-state index contributed by atoms with van der Waals surface area (Å²) in [5.41, 5.74) is -2.04. The second kappa shape index (κ2) is 11.9. The third-order valence-electron chi connectivity index (χ3n) is 12.0. The van der Waals surface area contributed by atoms with E-state index in [0.717, 1.165) is 31.3 Å². The van der Waals surface area contributed by atoms with Crippen LogP contribution in [0.4, 0.5) is 0 Å². The van der Waals surface area contributed by atoms with E-state index in [-0.39, 0.29) is 78.2 Å². The van der Waals surface area contributed by atoms with Crippen LogP contribution in [-0.4, -0.2) is 64.2 Å². The molecule has 0 aromatic carbocycles.